The van der Waals surface area contributed by atoms with Gasteiger partial charge in [-0.05, 0) is 48.0 Å². The number of pyridine rings is 1. The van der Waals surface area contributed by atoms with Crippen LogP contribution in [0.3, 0.4) is 0 Å². The molecular formula is C25H15ClF8N2O2S. The van der Waals surface area contributed by atoms with Crippen molar-refractivity contribution in [3.63, 3.8) is 0 Å². The Labute approximate surface area is 223 Å². The predicted molar refractivity (Wildman–Crippen MR) is 131 cm³/mol. The summed E-state index contributed by atoms with van der Waals surface area (Å²) in [5.74, 6) is -2.12. The van der Waals surface area contributed by atoms with E-state index in [1.807, 2.05) is 0 Å². The van der Waals surface area contributed by atoms with E-state index in [9.17, 15) is 39.9 Å². The van der Waals surface area contributed by atoms with Gasteiger partial charge in [0.15, 0.2) is 6.61 Å². The summed E-state index contributed by atoms with van der Waals surface area (Å²) in [6, 6.07) is 10.1. The Kier molecular flexibility index (Phi) is 7.68. The van der Waals surface area contributed by atoms with Crippen LogP contribution in [0.15, 0.2) is 59.4 Å². The van der Waals surface area contributed by atoms with Gasteiger partial charge in [0, 0.05) is 16.5 Å². The highest BCUT2D eigenvalue weighted by Gasteiger charge is 2.36. The zero-order valence-corrected chi connectivity index (χ0v) is 20.8. The molecule has 4 aromatic rings. The van der Waals surface area contributed by atoms with Crippen LogP contribution in [-0.4, -0.2) is 17.4 Å². The first-order valence-corrected chi connectivity index (χ1v) is 12.0. The van der Waals surface area contributed by atoms with Crippen LogP contribution in [0.5, 0.6) is 5.75 Å². The molecule has 0 aliphatic heterocycles. The highest BCUT2D eigenvalue weighted by Crippen LogP contribution is 2.40. The Morgan fingerprint density at radius 2 is 1.62 bits per heavy atom. The van der Waals surface area contributed by atoms with Crippen molar-refractivity contribution in [3.8, 4) is 26.8 Å². The fraction of sp³-hybridized carbons (Fsp3) is 0.160. The summed E-state index contributed by atoms with van der Waals surface area (Å²) in [6.07, 6.45) is -9.55. The number of benzene rings is 2. The van der Waals surface area contributed by atoms with Crippen molar-refractivity contribution in [2.75, 3.05) is 12.3 Å². The van der Waals surface area contributed by atoms with E-state index >= 15 is 0 Å². The molecule has 0 saturated heterocycles. The third kappa shape index (κ3) is 6.36. The van der Waals surface area contributed by atoms with Gasteiger partial charge < -0.3 is 15.0 Å². The quantitative estimate of drug-likeness (QED) is 0.232. The molecule has 39 heavy (non-hydrogen) atoms. The number of aromatic nitrogens is 1. The van der Waals surface area contributed by atoms with Gasteiger partial charge in [-0.15, -0.1) is 11.3 Å². The lowest BCUT2D eigenvalue weighted by molar-refractivity contribution is -0.153. The smallest absolute Gasteiger partial charge is 0.422 e. The Balaban J connectivity index is 1.78. The zero-order chi connectivity index (χ0) is 28.7. The van der Waals surface area contributed by atoms with Crippen molar-refractivity contribution in [2.45, 2.75) is 18.9 Å². The second kappa shape index (κ2) is 10.5. The fourth-order valence-electron chi connectivity index (χ4n) is 3.64. The summed E-state index contributed by atoms with van der Waals surface area (Å²) in [7, 11) is 0. The Morgan fingerprint density at radius 3 is 2.23 bits per heavy atom. The van der Waals surface area contributed by atoms with Crippen molar-refractivity contribution in [3.05, 3.63) is 92.7 Å². The zero-order valence-electron chi connectivity index (χ0n) is 19.3. The van der Waals surface area contributed by atoms with E-state index < -0.39 is 53.9 Å². The molecule has 206 valence electrons. The van der Waals surface area contributed by atoms with Crippen LogP contribution in [-0.2, 0) is 12.7 Å². The third-order valence-corrected chi connectivity index (χ3v) is 6.90. The molecule has 0 aliphatic carbocycles. The molecule has 0 bridgehead atoms. The number of halogens is 9. The first-order chi connectivity index (χ1) is 18.1. The lowest BCUT2D eigenvalue weighted by Crippen LogP contribution is -2.28. The molecule has 4 nitrogen and oxygen atoms in total. The van der Waals surface area contributed by atoms with E-state index in [4.69, 9.17) is 17.3 Å². The van der Waals surface area contributed by atoms with Gasteiger partial charge in [-0.25, -0.2) is 8.78 Å². The van der Waals surface area contributed by atoms with Gasteiger partial charge in [0.2, 0.25) is 0 Å². The summed E-state index contributed by atoms with van der Waals surface area (Å²) in [6.45, 7) is -2.10. The largest absolute Gasteiger partial charge is 0.483 e. The van der Waals surface area contributed by atoms with Gasteiger partial charge in [0.1, 0.15) is 23.1 Å². The summed E-state index contributed by atoms with van der Waals surface area (Å²) < 4.78 is 111. The van der Waals surface area contributed by atoms with E-state index in [1.54, 1.807) is 0 Å². The number of nitrogen functional groups attached to an aromatic ring is 1. The summed E-state index contributed by atoms with van der Waals surface area (Å²) in [5, 5.41) is -0.137. The van der Waals surface area contributed by atoms with Crippen molar-refractivity contribution < 1.29 is 39.9 Å². The van der Waals surface area contributed by atoms with Gasteiger partial charge in [-0.3, -0.25) is 4.79 Å². The topological polar surface area (TPSA) is 57.2 Å². The first-order valence-electron chi connectivity index (χ1n) is 10.8. The molecule has 4 rings (SSSR count). The van der Waals surface area contributed by atoms with E-state index in [2.05, 4.69) is 4.74 Å². The minimum Gasteiger partial charge on any atom is -0.483 e. The lowest BCUT2D eigenvalue weighted by Gasteiger charge is -2.17. The molecule has 0 saturated carbocycles. The normalized spacial score (nSPS) is 12.1. The van der Waals surface area contributed by atoms with Crippen LogP contribution in [0.4, 0.5) is 40.8 Å². The Hall–Kier alpha value is -3.58. The van der Waals surface area contributed by atoms with Crippen LogP contribution in [0.2, 0.25) is 5.02 Å². The maximum atomic E-state index is 14.3. The van der Waals surface area contributed by atoms with E-state index in [-0.39, 0.29) is 26.9 Å². The second-order valence-electron chi connectivity index (χ2n) is 8.19. The van der Waals surface area contributed by atoms with Gasteiger partial charge in [0.05, 0.1) is 27.7 Å². The molecule has 2 N–H and O–H groups in total. The molecule has 0 amide bonds. The monoisotopic (exact) mass is 594 g/mol. The third-order valence-electron chi connectivity index (χ3n) is 5.45. The molecule has 0 atom stereocenters. The van der Waals surface area contributed by atoms with Crippen molar-refractivity contribution in [2.24, 2.45) is 0 Å². The summed E-state index contributed by atoms with van der Waals surface area (Å²) in [5.41, 5.74) is 1.80. The number of nitrogens with zero attached hydrogens (tertiary/aromatic N) is 1. The van der Waals surface area contributed by atoms with E-state index in [0.717, 1.165) is 28.0 Å². The molecule has 2 aromatic heterocycles. The standard InChI is InChI=1S/C25H15ClF8N2O2S/c26-16-7-12(2-4-19(16)38-11-24(29,30)31)20-5-6-21(39-20)18-9-15(25(32,33)34)22(35)23(37)36(18)10-13-1-3-14(27)8-17(13)28/h1-9H,10-11,35H2. The Morgan fingerprint density at radius 1 is 0.923 bits per heavy atom. The maximum absolute atomic E-state index is 14.3. The van der Waals surface area contributed by atoms with Gasteiger partial charge in [-0.2, -0.15) is 26.3 Å². The number of alkyl halides is 6. The summed E-state index contributed by atoms with van der Waals surface area (Å²) >= 11 is 6.98. The van der Waals surface area contributed by atoms with E-state index in [0.29, 0.717) is 22.6 Å². The number of nitrogens with two attached hydrogens (primary N) is 1. The molecule has 0 fully saturated rings. The molecule has 0 spiro atoms. The van der Waals surface area contributed by atoms with Crippen LogP contribution in [0.1, 0.15) is 11.1 Å². The SMILES string of the molecule is Nc1c(C(F)(F)F)cc(-c2ccc(-c3ccc(OCC(F)(F)F)c(Cl)c3)s2)n(Cc2ccc(F)cc2F)c1=O. The highest BCUT2D eigenvalue weighted by atomic mass is 35.5. The number of ether oxygens (including phenoxy) is 1. The molecule has 0 unspecified atom stereocenters. The van der Waals surface area contributed by atoms with Gasteiger partial charge in [0.25, 0.3) is 5.56 Å². The average molecular weight is 595 g/mol. The van der Waals surface area contributed by atoms with Crippen LogP contribution >= 0.6 is 22.9 Å². The number of hydrogen-bond acceptors (Lipinski definition) is 4. The van der Waals surface area contributed by atoms with Crippen molar-refractivity contribution >= 4 is 28.6 Å². The number of hydrogen-bond donors (Lipinski definition) is 1. The molecule has 2 aromatic carbocycles. The highest BCUT2D eigenvalue weighted by molar-refractivity contribution is 7.18. The van der Waals surface area contributed by atoms with E-state index in [1.165, 1.54) is 30.3 Å². The number of anilines is 1. The number of rotatable bonds is 6. The minimum absolute atomic E-state index is 0.137. The molecule has 14 heteroatoms. The molecule has 0 radical (unpaired) electrons. The van der Waals surface area contributed by atoms with Crippen molar-refractivity contribution in [1.82, 2.24) is 4.57 Å². The van der Waals surface area contributed by atoms with Gasteiger partial charge in [-0.1, -0.05) is 17.7 Å². The van der Waals surface area contributed by atoms with Crippen molar-refractivity contribution in [1.29, 1.82) is 0 Å². The molecule has 0 aliphatic rings. The van der Waals surface area contributed by atoms with Crippen LogP contribution in [0.25, 0.3) is 21.0 Å². The predicted octanol–water partition coefficient (Wildman–Crippen LogP) is 7.77. The fourth-order valence-corrected chi connectivity index (χ4v) is 4.90. The second-order valence-corrected chi connectivity index (χ2v) is 9.69. The average Bonchev–Trinajstić information content (AvgIpc) is 3.31. The minimum atomic E-state index is -4.97. The Bertz CT molecular complexity index is 1590. The van der Waals surface area contributed by atoms with Gasteiger partial charge >= 0.3 is 12.4 Å². The molecular weight excluding hydrogens is 580 g/mol. The molecule has 2 heterocycles. The maximum Gasteiger partial charge on any atom is 0.422 e. The van der Waals surface area contributed by atoms with Crippen LogP contribution < -0.4 is 16.0 Å². The lowest BCUT2D eigenvalue weighted by atomic mass is 10.1. The first kappa shape index (κ1) is 28.4. The number of thiophene rings is 1. The summed E-state index contributed by atoms with van der Waals surface area (Å²) in [4.78, 5) is 13.5. The van der Waals surface area contributed by atoms with Crippen LogP contribution in [0, 0.1) is 11.6 Å².